The maximum Gasteiger partial charge on any atom is 0.223 e. The third kappa shape index (κ3) is 2.99. The summed E-state index contributed by atoms with van der Waals surface area (Å²) in [5.74, 6) is 1.16. The number of imidazole rings is 1. The van der Waals surface area contributed by atoms with Crippen LogP contribution in [0.15, 0.2) is 30.6 Å². The number of aromatic nitrogens is 6. The normalized spacial score (nSPS) is 17.5. The maximum absolute atomic E-state index is 12.7. The molecule has 0 radical (unpaired) electrons. The van der Waals surface area contributed by atoms with Crippen molar-refractivity contribution in [2.24, 2.45) is 7.05 Å². The van der Waals surface area contributed by atoms with Crippen molar-refractivity contribution in [1.29, 1.82) is 0 Å². The van der Waals surface area contributed by atoms with Gasteiger partial charge in [0, 0.05) is 26.6 Å². The molecule has 0 bridgehead atoms. The Kier molecular flexibility index (Phi) is 4.17. The van der Waals surface area contributed by atoms with E-state index in [4.69, 9.17) is 4.98 Å². The van der Waals surface area contributed by atoms with Gasteiger partial charge in [-0.05, 0) is 41.8 Å². The average molecular weight is 339 g/mol. The van der Waals surface area contributed by atoms with Gasteiger partial charge in [0.05, 0.1) is 17.1 Å². The number of carbonyl (C=O) groups is 1. The fourth-order valence-electron chi connectivity index (χ4n) is 3.61. The lowest BCUT2D eigenvalue weighted by Crippen LogP contribution is -2.31. The second kappa shape index (κ2) is 6.62. The summed E-state index contributed by atoms with van der Waals surface area (Å²) in [7, 11) is 2.03. The fraction of sp³-hybridized carbons (Fsp3) is 0.471. The summed E-state index contributed by atoms with van der Waals surface area (Å²) in [6.07, 6.45) is 4.79. The average Bonchev–Trinajstić information content (AvgIpc) is 3.35. The second-order valence-electron chi connectivity index (χ2n) is 6.44. The van der Waals surface area contributed by atoms with E-state index in [1.54, 1.807) is 11.0 Å². The highest BCUT2D eigenvalue weighted by Gasteiger charge is 2.32. The van der Waals surface area contributed by atoms with Crippen LogP contribution in [0.1, 0.15) is 37.5 Å². The molecule has 1 unspecified atom stereocenters. The van der Waals surface area contributed by atoms with Gasteiger partial charge in [0.1, 0.15) is 12.2 Å². The van der Waals surface area contributed by atoms with Crippen molar-refractivity contribution < 1.29 is 4.79 Å². The number of carbonyl (C=O) groups excluding carboxylic acids is 1. The number of fused-ring (bicyclic) bond motifs is 1. The zero-order chi connectivity index (χ0) is 17.2. The van der Waals surface area contributed by atoms with Gasteiger partial charge in [-0.25, -0.2) is 9.67 Å². The molecule has 3 heterocycles. The quantitative estimate of drug-likeness (QED) is 0.707. The molecular formula is C17H21N7O. The van der Waals surface area contributed by atoms with Crippen LogP contribution in [0.25, 0.3) is 11.0 Å². The van der Waals surface area contributed by atoms with E-state index in [0.29, 0.717) is 13.0 Å². The van der Waals surface area contributed by atoms with E-state index in [0.717, 1.165) is 42.7 Å². The van der Waals surface area contributed by atoms with Crippen LogP contribution in [0.4, 0.5) is 0 Å². The van der Waals surface area contributed by atoms with Gasteiger partial charge in [-0.15, -0.1) is 5.10 Å². The van der Waals surface area contributed by atoms with Gasteiger partial charge in [-0.2, -0.15) is 0 Å². The molecule has 1 aliphatic heterocycles. The molecule has 1 saturated heterocycles. The molecule has 1 atom stereocenters. The summed E-state index contributed by atoms with van der Waals surface area (Å²) in [5.41, 5.74) is 2.09. The first kappa shape index (κ1) is 15.7. The lowest BCUT2D eigenvalue weighted by Gasteiger charge is -2.24. The highest BCUT2D eigenvalue weighted by atomic mass is 16.2. The minimum Gasteiger partial charge on any atom is -0.333 e. The first-order chi connectivity index (χ1) is 12.2. The summed E-state index contributed by atoms with van der Waals surface area (Å²) in [5, 5.41) is 11.0. The van der Waals surface area contributed by atoms with Gasteiger partial charge in [0.25, 0.3) is 0 Å². The molecule has 8 nitrogen and oxygen atoms in total. The van der Waals surface area contributed by atoms with Gasteiger partial charge < -0.3 is 9.47 Å². The van der Waals surface area contributed by atoms with Gasteiger partial charge in [0.2, 0.25) is 5.91 Å². The Balaban J connectivity index is 1.47. The maximum atomic E-state index is 12.7. The summed E-state index contributed by atoms with van der Waals surface area (Å²) in [6, 6.07) is 8.17. The fourth-order valence-corrected chi connectivity index (χ4v) is 3.61. The lowest BCUT2D eigenvalue weighted by molar-refractivity contribution is -0.132. The van der Waals surface area contributed by atoms with Crippen LogP contribution < -0.4 is 0 Å². The Morgan fingerprint density at radius 3 is 3.00 bits per heavy atom. The van der Waals surface area contributed by atoms with Crippen LogP contribution in [0, 0.1) is 0 Å². The number of nitrogens with zero attached hydrogens (tertiary/aromatic N) is 7. The van der Waals surface area contributed by atoms with Crippen LogP contribution in [0.2, 0.25) is 0 Å². The van der Waals surface area contributed by atoms with Crippen molar-refractivity contribution in [2.45, 2.75) is 38.3 Å². The van der Waals surface area contributed by atoms with E-state index in [1.807, 2.05) is 30.1 Å². The molecule has 3 aromatic rings. The van der Waals surface area contributed by atoms with E-state index in [-0.39, 0.29) is 11.9 Å². The third-order valence-corrected chi connectivity index (χ3v) is 4.86. The van der Waals surface area contributed by atoms with Crippen LogP contribution in [-0.4, -0.2) is 47.1 Å². The van der Waals surface area contributed by atoms with Crippen molar-refractivity contribution in [1.82, 2.24) is 34.7 Å². The first-order valence-electron chi connectivity index (χ1n) is 8.65. The molecule has 4 rings (SSSR count). The van der Waals surface area contributed by atoms with Gasteiger partial charge in [-0.1, -0.05) is 12.1 Å². The second-order valence-corrected chi connectivity index (χ2v) is 6.44. The third-order valence-electron chi connectivity index (χ3n) is 4.86. The number of tetrazole rings is 1. The van der Waals surface area contributed by atoms with Crippen molar-refractivity contribution >= 4 is 16.9 Å². The molecule has 0 spiro atoms. The monoisotopic (exact) mass is 339 g/mol. The summed E-state index contributed by atoms with van der Waals surface area (Å²) < 4.78 is 3.77. The number of hydrogen-bond acceptors (Lipinski definition) is 5. The van der Waals surface area contributed by atoms with Crippen LogP contribution in [0.3, 0.4) is 0 Å². The molecule has 1 aliphatic rings. The highest BCUT2D eigenvalue weighted by molar-refractivity contribution is 5.78. The van der Waals surface area contributed by atoms with Crippen molar-refractivity contribution in [3.8, 4) is 0 Å². The van der Waals surface area contributed by atoms with Crippen molar-refractivity contribution in [2.75, 3.05) is 6.54 Å². The number of rotatable bonds is 5. The Labute approximate surface area is 145 Å². The predicted octanol–water partition coefficient (Wildman–Crippen LogP) is 1.70. The number of para-hydroxylation sites is 2. The molecule has 2 aromatic heterocycles. The van der Waals surface area contributed by atoms with E-state index in [1.165, 1.54) is 0 Å². The van der Waals surface area contributed by atoms with Gasteiger partial charge >= 0.3 is 0 Å². The smallest absolute Gasteiger partial charge is 0.223 e. The SMILES string of the molecule is Cn1c(C2CCCN2C(=O)CCCn2cnnn2)nc2ccccc21. The molecule has 1 aromatic carbocycles. The van der Waals surface area contributed by atoms with E-state index >= 15 is 0 Å². The lowest BCUT2D eigenvalue weighted by atomic mass is 10.2. The number of aryl methyl sites for hydroxylation is 2. The first-order valence-corrected chi connectivity index (χ1v) is 8.65. The number of likely N-dealkylation sites (tertiary alicyclic amines) is 1. The number of hydrogen-bond donors (Lipinski definition) is 0. The molecule has 8 heteroatoms. The minimum atomic E-state index is 0.0675. The zero-order valence-corrected chi connectivity index (χ0v) is 14.2. The molecule has 130 valence electrons. The zero-order valence-electron chi connectivity index (χ0n) is 14.2. The Bertz CT molecular complexity index is 870. The molecule has 0 saturated carbocycles. The van der Waals surface area contributed by atoms with E-state index in [2.05, 4.69) is 26.2 Å². The molecule has 1 fully saturated rings. The predicted molar refractivity (Wildman–Crippen MR) is 91.5 cm³/mol. The Hall–Kier alpha value is -2.77. The highest BCUT2D eigenvalue weighted by Crippen LogP contribution is 2.33. The number of amides is 1. The largest absolute Gasteiger partial charge is 0.333 e. The number of benzene rings is 1. The Morgan fingerprint density at radius 1 is 1.32 bits per heavy atom. The molecule has 25 heavy (non-hydrogen) atoms. The van der Waals surface area contributed by atoms with Crippen molar-refractivity contribution in [3.63, 3.8) is 0 Å². The van der Waals surface area contributed by atoms with Gasteiger partial charge in [-0.3, -0.25) is 4.79 Å². The van der Waals surface area contributed by atoms with Crippen LogP contribution >= 0.6 is 0 Å². The van der Waals surface area contributed by atoms with Crippen LogP contribution in [-0.2, 0) is 18.4 Å². The molecule has 0 N–H and O–H groups in total. The van der Waals surface area contributed by atoms with Crippen LogP contribution in [0.5, 0.6) is 0 Å². The van der Waals surface area contributed by atoms with Crippen molar-refractivity contribution in [3.05, 3.63) is 36.4 Å². The van der Waals surface area contributed by atoms with Gasteiger partial charge in [0.15, 0.2) is 0 Å². The summed E-state index contributed by atoms with van der Waals surface area (Å²) in [6.45, 7) is 1.46. The molecule has 0 aliphatic carbocycles. The molecule has 1 amide bonds. The standard InChI is InChI=1S/C17H21N7O/c1-22-14-7-3-2-6-13(14)19-17(22)15-8-4-11-24(15)16(25)9-5-10-23-12-18-20-21-23/h2-3,6-7,12,15H,4-5,8-11H2,1H3. The topological polar surface area (TPSA) is 81.7 Å². The minimum absolute atomic E-state index is 0.0675. The van der Waals surface area contributed by atoms with E-state index in [9.17, 15) is 4.79 Å². The molecular weight excluding hydrogens is 318 g/mol. The van der Waals surface area contributed by atoms with E-state index < -0.39 is 0 Å². The summed E-state index contributed by atoms with van der Waals surface area (Å²) in [4.78, 5) is 19.5. The summed E-state index contributed by atoms with van der Waals surface area (Å²) >= 11 is 0. The Morgan fingerprint density at radius 2 is 2.20 bits per heavy atom.